The van der Waals surface area contributed by atoms with Crippen LogP contribution in [-0.4, -0.2) is 35.6 Å². The van der Waals surface area contributed by atoms with Gasteiger partial charge in [0, 0.05) is 24.6 Å². The molecule has 0 spiro atoms. The van der Waals surface area contributed by atoms with Crippen molar-refractivity contribution in [2.24, 2.45) is 5.73 Å². The molecule has 4 nitrogen and oxygen atoms in total. The van der Waals surface area contributed by atoms with E-state index in [0.29, 0.717) is 6.54 Å². The zero-order valence-electron chi connectivity index (χ0n) is 9.06. The van der Waals surface area contributed by atoms with Crippen molar-refractivity contribution in [3.63, 3.8) is 0 Å². The van der Waals surface area contributed by atoms with Crippen molar-refractivity contribution < 1.29 is 9.90 Å². The van der Waals surface area contributed by atoms with Gasteiger partial charge in [-0.1, -0.05) is 34.1 Å². The number of nitrogens with zero attached hydrogens (tertiary/aromatic N) is 1. The number of carbonyl (C=O) groups excluding carboxylic acids is 1. The molecular weight excluding hydrogens is 272 g/mol. The molecule has 1 unspecified atom stereocenters. The summed E-state index contributed by atoms with van der Waals surface area (Å²) in [6.45, 7) is 0.385. The predicted molar refractivity (Wildman–Crippen MR) is 65.7 cm³/mol. The Hall–Kier alpha value is -0.910. The van der Waals surface area contributed by atoms with Gasteiger partial charge in [0.2, 0.25) is 0 Å². The molecular formula is C11H15BrN2O2. The number of nitrogens with two attached hydrogens (primary N) is 1. The molecule has 0 aliphatic heterocycles. The van der Waals surface area contributed by atoms with Gasteiger partial charge in [-0.25, -0.2) is 0 Å². The Balaban J connectivity index is 2.68. The standard InChI is InChI=1S/C11H15BrN2O2/c1-14(11(16)10(15)6-13)7-8-4-2-3-5-9(8)12/h2-5,10,15H,6-7,13H2,1H3. The van der Waals surface area contributed by atoms with E-state index < -0.39 is 6.10 Å². The van der Waals surface area contributed by atoms with E-state index >= 15 is 0 Å². The van der Waals surface area contributed by atoms with Crippen molar-refractivity contribution in [1.29, 1.82) is 0 Å². The summed E-state index contributed by atoms with van der Waals surface area (Å²) in [4.78, 5) is 13.0. The lowest BCUT2D eigenvalue weighted by Crippen LogP contribution is -2.40. The van der Waals surface area contributed by atoms with Crippen LogP contribution in [0.1, 0.15) is 5.56 Å². The van der Waals surface area contributed by atoms with Crippen LogP contribution in [0.3, 0.4) is 0 Å². The number of aliphatic hydroxyl groups excluding tert-OH is 1. The summed E-state index contributed by atoms with van der Waals surface area (Å²) in [6.07, 6.45) is -1.12. The highest BCUT2D eigenvalue weighted by atomic mass is 79.9. The van der Waals surface area contributed by atoms with Gasteiger partial charge in [-0.15, -0.1) is 0 Å². The number of aliphatic hydroxyl groups is 1. The lowest BCUT2D eigenvalue weighted by molar-refractivity contribution is -0.138. The van der Waals surface area contributed by atoms with Crippen LogP contribution in [0, 0.1) is 0 Å². The monoisotopic (exact) mass is 286 g/mol. The molecule has 1 aromatic carbocycles. The minimum absolute atomic E-state index is 0.0564. The van der Waals surface area contributed by atoms with Crippen molar-refractivity contribution in [1.82, 2.24) is 4.90 Å². The molecule has 0 heterocycles. The summed E-state index contributed by atoms with van der Waals surface area (Å²) in [5.74, 6) is -0.363. The number of amides is 1. The fourth-order valence-electron chi connectivity index (χ4n) is 1.32. The molecule has 1 atom stereocenters. The van der Waals surface area contributed by atoms with Crippen LogP contribution in [0.4, 0.5) is 0 Å². The van der Waals surface area contributed by atoms with Gasteiger partial charge in [0.05, 0.1) is 0 Å². The lowest BCUT2D eigenvalue weighted by atomic mass is 10.2. The van der Waals surface area contributed by atoms with E-state index in [1.807, 2.05) is 24.3 Å². The molecule has 0 saturated heterocycles. The van der Waals surface area contributed by atoms with Gasteiger partial charge in [0.15, 0.2) is 0 Å². The summed E-state index contributed by atoms with van der Waals surface area (Å²) >= 11 is 3.40. The molecule has 0 aliphatic carbocycles. The zero-order valence-corrected chi connectivity index (χ0v) is 10.6. The van der Waals surface area contributed by atoms with Gasteiger partial charge in [0.1, 0.15) is 6.10 Å². The van der Waals surface area contributed by atoms with E-state index in [1.165, 1.54) is 4.90 Å². The van der Waals surface area contributed by atoms with Gasteiger partial charge in [0.25, 0.3) is 5.91 Å². The van der Waals surface area contributed by atoms with Crippen molar-refractivity contribution in [2.75, 3.05) is 13.6 Å². The Morgan fingerprint density at radius 3 is 2.75 bits per heavy atom. The predicted octanol–water partition coefficient (Wildman–Crippen LogP) is 0.727. The van der Waals surface area contributed by atoms with Crippen molar-refractivity contribution in [3.8, 4) is 0 Å². The third-order valence-corrected chi connectivity index (χ3v) is 3.02. The largest absolute Gasteiger partial charge is 0.382 e. The topological polar surface area (TPSA) is 66.6 Å². The molecule has 1 aromatic rings. The highest BCUT2D eigenvalue weighted by molar-refractivity contribution is 9.10. The number of hydrogen-bond acceptors (Lipinski definition) is 3. The Labute approximate surface area is 103 Å². The summed E-state index contributed by atoms with van der Waals surface area (Å²) in [5, 5.41) is 9.32. The van der Waals surface area contributed by atoms with Crippen LogP contribution in [-0.2, 0) is 11.3 Å². The van der Waals surface area contributed by atoms with Gasteiger partial charge in [-0.3, -0.25) is 4.79 Å². The zero-order chi connectivity index (χ0) is 12.1. The molecule has 3 N–H and O–H groups in total. The SMILES string of the molecule is CN(Cc1ccccc1Br)C(=O)C(O)CN. The highest BCUT2D eigenvalue weighted by Gasteiger charge is 2.18. The van der Waals surface area contributed by atoms with Crippen LogP contribution in [0.5, 0.6) is 0 Å². The number of hydrogen-bond donors (Lipinski definition) is 2. The second-order valence-electron chi connectivity index (χ2n) is 3.54. The highest BCUT2D eigenvalue weighted by Crippen LogP contribution is 2.17. The number of likely N-dealkylation sites (N-methyl/N-ethyl adjacent to an activating group) is 1. The Morgan fingerprint density at radius 1 is 1.56 bits per heavy atom. The Bertz CT molecular complexity index is 371. The number of halogens is 1. The quantitative estimate of drug-likeness (QED) is 0.858. The maximum Gasteiger partial charge on any atom is 0.252 e. The molecule has 0 aliphatic rings. The lowest BCUT2D eigenvalue weighted by Gasteiger charge is -2.20. The summed E-state index contributed by atoms with van der Waals surface area (Å²) in [6, 6.07) is 7.64. The summed E-state index contributed by atoms with van der Waals surface area (Å²) < 4.78 is 0.942. The second-order valence-corrected chi connectivity index (χ2v) is 4.39. The van der Waals surface area contributed by atoms with E-state index in [0.717, 1.165) is 10.0 Å². The fraction of sp³-hybridized carbons (Fsp3) is 0.364. The fourth-order valence-corrected chi connectivity index (χ4v) is 1.73. The van der Waals surface area contributed by atoms with E-state index in [9.17, 15) is 9.90 Å². The van der Waals surface area contributed by atoms with Gasteiger partial charge < -0.3 is 15.7 Å². The van der Waals surface area contributed by atoms with Gasteiger partial charge in [-0.2, -0.15) is 0 Å². The maximum absolute atomic E-state index is 11.6. The third kappa shape index (κ3) is 3.30. The normalized spacial score (nSPS) is 12.2. The van der Waals surface area contributed by atoms with E-state index in [-0.39, 0.29) is 12.5 Å². The average molecular weight is 287 g/mol. The molecule has 88 valence electrons. The molecule has 1 amide bonds. The first-order valence-corrected chi connectivity index (χ1v) is 5.72. The third-order valence-electron chi connectivity index (χ3n) is 2.25. The van der Waals surface area contributed by atoms with Crippen LogP contribution < -0.4 is 5.73 Å². The number of carbonyl (C=O) groups is 1. The van der Waals surface area contributed by atoms with E-state index in [2.05, 4.69) is 15.9 Å². The second kappa shape index (κ2) is 5.98. The van der Waals surface area contributed by atoms with Crippen molar-refractivity contribution in [3.05, 3.63) is 34.3 Å². The Kier molecular flexibility index (Phi) is 4.92. The van der Waals surface area contributed by atoms with Crippen molar-refractivity contribution >= 4 is 21.8 Å². The Morgan fingerprint density at radius 2 is 2.19 bits per heavy atom. The first-order chi connectivity index (χ1) is 7.56. The molecule has 0 saturated carbocycles. The summed E-state index contributed by atoms with van der Waals surface area (Å²) in [7, 11) is 1.64. The molecule has 0 fully saturated rings. The van der Waals surface area contributed by atoms with Crippen LogP contribution in [0.2, 0.25) is 0 Å². The van der Waals surface area contributed by atoms with E-state index in [1.54, 1.807) is 7.05 Å². The van der Waals surface area contributed by atoms with Crippen LogP contribution in [0.25, 0.3) is 0 Å². The molecule has 5 heteroatoms. The van der Waals surface area contributed by atoms with Crippen molar-refractivity contribution in [2.45, 2.75) is 12.6 Å². The van der Waals surface area contributed by atoms with Gasteiger partial charge in [-0.05, 0) is 11.6 Å². The van der Waals surface area contributed by atoms with E-state index in [4.69, 9.17) is 5.73 Å². The molecule has 16 heavy (non-hydrogen) atoms. The average Bonchev–Trinajstić information content (AvgIpc) is 2.30. The van der Waals surface area contributed by atoms with Gasteiger partial charge >= 0.3 is 0 Å². The minimum Gasteiger partial charge on any atom is -0.382 e. The molecule has 0 bridgehead atoms. The first kappa shape index (κ1) is 13.2. The first-order valence-electron chi connectivity index (χ1n) is 4.92. The van der Waals surface area contributed by atoms with Crippen LogP contribution in [0.15, 0.2) is 28.7 Å². The molecule has 0 aromatic heterocycles. The minimum atomic E-state index is -1.12. The summed E-state index contributed by atoms with van der Waals surface area (Å²) in [5.41, 5.74) is 6.22. The van der Waals surface area contributed by atoms with Crippen LogP contribution >= 0.6 is 15.9 Å². The number of benzene rings is 1. The number of rotatable bonds is 4. The molecule has 0 radical (unpaired) electrons. The smallest absolute Gasteiger partial charge is 0.252 e. The maximum atomic E-state index is 11.6. The molecule has 1 rings (SSSR count).